The first-order valence-electron chi connectivity index (χ1n) is 30.0. The highest BCUT2D eigenvalue weighted by Crippen LogP contribution is 2.47. The summed E-state index contributed by atoms with van der Waals surface area (Å²) in [5, 5.41) is 3.28. The third-order valence-electron chi connectivity index (χ3n) is 17.4. The summed E-state index contributed by atoms with van der Waals surface area (Å²) in [4.78, 5) is 63.9. The number of rotatable bonds is 12. The molecule has 10 rings (SSSR count). The molecule has 3 aromatic carbocycles. The van der Waals surface area contributed by atoms with Crippen LogP contribution in [0, 0.1) is 5.41 Å². The summed E-state index contributed by atoms with van der Waals surface area (Å²) in [5.41, 5.74) is 8.26. The Morgan fingerprint density at radius 1 is 0.759 bits per heavy atom. The van der Waals surface area contributed by atoms with Crippen molar-refractivity contribution in [3.05, 3.63) is 107 Å². The van der Waals surface area contributed by atoms with Crippen LogP contribution in [0.25, 0.3) is 33.3 Å². The number of ether oxygens (including phenoxy) is 5. The number of morpholine rings is 1. The number of amides is 3. The van der Waals surface area contributed by atoms with Gasteiger partial charge in [-0.15, -0.1) is 0 Å². The van der Waals surface area contributed by atoms with E-state index in [4.69, 9.17) is 38.0 Å². The maximum atomic E-state index is 14.6. The molecule has 0 radical (unpaired) electrons. The maximum absolute atomic E-state index is 14.6. The molecular weight excluding hydrogens is 1050 g/mol. The summed E-state index contributed by atoms with van der Waals surface area (Å²) in [5.74, 6) is -0.550. The van der Waals surface area contributed by atoms with Crippen molar-refractivity contribution in [3.8, 4) is 22.4 Å². The van der Waals surface area contributed by atoms with Gasteiger partial charge in [0.25, 0.3) is 0 Å². The summed E-state index contributed by atoms with van der Waals surface area (Å²) in [7, 11) is -0.609. The average Bonchev–Trinajstić information content (AvgIpc) is 3.32. The maximum Gasteiger partial charge on any atom is 0.494 e. The molecule has 4 fully saturated rings. The van der Waals surface area contributed by atoms with Crippen molar-refractivity contribution in [2.75, 3.05) is 33.0 Å². The Bertz CT molecular complexity index is 3210. The highest BCUT2D eigenvalue weighted by atomic mass is 16.7. The highest BCUT2D eigenvalue weighted by molar-refractivity contribution is 6.62. The quantitative estimate of drug-likeness (QED) is 0.0662. The Morgan fingerprint density at radius 3 is 1.95 bits per heavy atom. The number of benzene rings is 3. The summed E-state index contributed by atoms with van der Waals surface area (Å²) in [6.45, 7) is 31.3. The second kappa shape index (κ2) is 22.5. The molecule has 5 aliphatic rings. The zero-order valence-corrected chi connectivity index (χ0v) is 51.6. The summed E-state index contributed by atoms with van der Waals surface area (Å²) < 4.78 is 46.0. The number of hydrazine groups is 1. The summed E-state index contributed by atoms with van der Waals surface area (Å²) in [6, 6.07) is 24.1. The van der Waals surface area contributed by atoms with Gasteiger partial charge in [0.2, 0.25) is 0 Å². The summed E-state index contributed by atoms with van der Waals surface area (Å²) in [6.07, 6.45) is 2.68. The van der Waals surface area contributed by atoms with Crippen LogP contribution in [-0.2, 0) is 50.8 Å². The summed E-state index contributed by atoms with van der Waals surface area (Å²) >= 11 is 0. The number of piperidine rings is 1. The molecule has 16 nitrogen and oxygen atoms in total. The molecular formula is C66H86BN5O11. The minimum Gasteiger partial charge on any atom is -0.464 e. The Balaban J connectivity index is 0.967. The van der Waals surface area contributed by atoms with Crippen molar-refractivity contribution in [2.24, 2.45) is 5.41 Å². The molecule has 1 aliphatic carbocycles. The monoisotopic (exact) mass is 1140 g/mol. The number of aryl methyl sites for hydroxylation is 1. The van der Waals surface area contributed by atoms with Gasteiger partial charge in [0.15, 0.2) is 6.04 Å². The second-order valence-corrected chi connectivity index (χ2v) is 27.6. The Kier molecular flexibility index (Phi) is 16.2. The number of aromatic nitrogens is 2. The van der Waals surface area contributed by atoms with Crippen LogP contribution in [0.4, 0.5) is 14.4 Å². The Hall–Kier alpha value is -6.43. The van der Waals surface area contributed by atoms with Crippen LogP contribution in [0.1, 0.15) is 175 Å². The first-order chi connectivity index (χ1) is 39.0. The van der Waals surface area contributed by atoms with Crippen molar-refractivity contribution in [1.29, 1.82) is 0 Å². The van der Waals surface area contributed by atoms with Gasteiger partial charge in [-0.1, -0.05) is 88.4 Å². The second-order valence-electron chi connectivity index (χ2n) is 27.6. The number of hydrogen-bond acceptors (Lipinski definition) is 12. The average molecular weight is 1140 g/mol. The number of nitrogens with zero attached hydrogens (tertiary/aromatic N) is 5. The molecule has 0 saturated carbocycles. The number of fused-ring (bicyclic) bond motifs is 6. The van der Waals surface area contributed by atoms with Crippen LogP contribution in [0.2, 0.25) is 0 Å². The van der Waals surface area contributed by atoms with E-state index in [1.807, 2.05) is 11.1 Å². The molecule has 83 heavy (non-hydrogen) atoms. The smallest absolute Gasteiger partial charge is 0.464 e. The van der Waals surface area contributed by atoms with Gasteiger partial charge in [0, 0.05) is 47.1 Å². The Labute approximate surface area is 490 Å². The lowest BCUT2D eigenvalue weighted by molar-refractivity contribution is -0.164. The molecule has 4 atom stereocenters. The van der Waals surface area contributed by atoms with Gasteiger partial charge in [-0.05, 0) is 171 Å². The molecule has 4 aliphatic heterocycles. The van der Waals surface area contributed by atoms with Gasteiger partial charge in [-0.3, -0.25) is 9.88 Å². The van der Waals surface area contributed by atoms with E-state index in [1.54, 1.807) is 41.5 Å². The van der Waals surface area contributed by atoms with Gasteiger partial charge < -0.3 is 37.6 Å². The molecule has 2 bridgehead atoms. The lowest BCUT2D eigenvalue weighted by Gasteiger charge is -2.47. The zero-order chi connectivity index (χ0) is 59.7. The standard InChI is InChI=1S/C66H86BN5O11/c1-16-69-54-28-27-43(67-82-65(12,13)66(14,15)83-67)33-50(54)52(34-64(10,11)39-79-58(73)55-26-21-29-70(59(74)80-62(4,5)6)72(55)61(76)81-63(7,8)9)57(69)51-32-42(35-68-56(51)40(2)3)41-30-44-36-77-37-45(31-41)71(44)60(75)78-38-53-48-24-19-17-22-46(48)47-23-18-20-25-49(47)53/h17-20,22-25,27-28,32-33,35,40-41,44-45,53,55H,16,21,26,29-31,34,36-39H2,1-15H3/t41?,44-,45+,55-/m0/s1. The van der Waals surface area contributed by atoms with Crippen molar-refractivity contribution in [2.45, 2.75) is 201 Å². The molecule has 3 amide bonds. The molecule has 6 heterocycles. The number of hydrogen-bond donors (Lipinski definition) is 0. The topological polar surface area (TPSA) is 160 Å². The molecule has 444 valence electrons. The van der Waals surface area contributed by atoms with E-state index in [1.165, 1.54) is 27.3 Å². The van der Waals surface area contributed by atoms with E-state index in [0.29, 0.717) is 45.4 Å². The predicted molar refractivity (Wildman–Crippen MR) is 320 cm³/mol. The molecule has 0 N–H and O–H groups in total. The van der Waals surface area contributed by atoms with Crippen molar-refractivity contribution in [3.63, 3.8) is 0 Å². The minimum absolute atomic E-state index is 0.00545. The van der Waals surface area contributed by atoms with Crippen molar-refractivity contribution < 1.29 is 52.2 Å². The van der Waals surface area contributed by atoms with Crippen LogP contribution in [0.3, 0.4) is 0 Å². The molecule has 0 spiro atoms. The fourth-order valence-corrected chi connectivity index (χ4v) is 12.9. The van der Waals surface area contributed by atoms with Crippen LogP contribution < -0.4 is 5.46 Å². The minimum atomic E-state index is -1.14. The van der Waals surface area contributed by atoms with Gasteiger partial charge >= 0.3 is 31.4 Å². The number of carbonyl (C=O) groups excluding carboxylic acids is 4. The first-order valence-corrected chi connectivity index (χ1v) is 30.0. The number of carbonyl (C=O) groups is 4. The molecule has 1 unspecified atom stereocenters. The molecule has 17 heteroatoms. The van der Waals surface area contributed by atoms with Crippen molar-refractivity contribution >= 4 is 47.7 Å². The van der Waals surface area contributed by atoms with Crippen LogP contribution in [0.15, 0.2) is 79.0 Å². The van der Waals surface area contributed by atoms with Gasteiger partial charge in [0.1, 0.15) is 17.8 Å². The van der Waals surface area contributed by atoms with Crippen molar-refractivity contribution in [1.82, 2.24) is 24.5 Å². The molecule has 5 aromatic rings. The third-order valence-corrected chi connectivity index (χ3v) is 17.4. The van der Waals surface area contributed by atoms with Gasteiger partial charge in [-0.25, -0.2) is 24.2 Å². The fourth-order valence-electron chi connectivity index (χ4n) is 12.9. The van der Waals surface area contributed by atoms with Crippen LogP contribution >= 0.6 is 0 Å². The Morgan fingerprint density at radius 2 is 1.36 bits per heavy atom. The lowest BCUT2D eigenvalue weighted by Crippen LogP contribution is -2.61. The first kappa shape index (κ1) is 59.7. The number of pyridine rings is 1. The molecule has 2 aromatic heterocycles. The fraction of sp³-hybridized carbons (Fsp3) is 0.561. The van der Waals surface area contributed by atoms with E-state index in [-0.39, 0.29) is 62.1 Å². The van der Waals surface area contributed by atoms with Crippen LogP contribution in [-0.4, -0.2) is 129 Å². The van der Waals surface area contributed by atoms with Gasteiger partial charge in [-0.2, -0.15) is 5.01 Å². The normalized spacial score (nSPS) is 21.5. The van der Waals surface area contributed by atoms with E-state index in [0.717, 1.165) is 49.5 Å². The SMILES string of the molecule is CCn1c(-c2cc(C3C[C@H]4COC[C@@H](C3)N4C(=O)OCC3c4ccccc4-c4ccccc43)cnc2C(C)C)c(CC(C)(C)COC(=O)[C@@H]2CCCN(C(=O)OC(C)(C)C)N2C(=O)OC(C)(C)C)c2cc(B3OC(C)(C)C(C)(C)O3)ccc21. The largest absolute Gasteiger partial charge is 0.494 e. The van der Waals surface area contributed by atoms with E-state index in [9.17, 15) is 19.2 Å². The van der Waals surface area contributed by atoms with E-state index >= 15 is 0 Å². The van der Waals surface area contributed by atoms with Gasteiger partial charge in [0.05, 0.1) is 54.5 Å². The number of esters is 1. The zero-order valence-electron chi connectivity index (χ0n) is 51.6. The molecule has 4 saturated heterocycles. The lowest BCUT2D eigenvalue weighted by atomic mass is 9.77. The van der Waals surface area contributed by atoms with E-state index in [2.05, 4.69) is 140 Å². The highest BCUT2D eigenvalue weighted by Gasteiger charge is 2.52. The van der Waals surface area contributed by atoms with E-state index < -0.39 is 59.1 Å². The third kappa shape index (κ3) is 12.0. The predicted octanol–water partition coefficient (Wildman–Crippen LogP) is 12.7. The van der Waals surface area contributed by atoms with Crippen LogP contribution in [0.5, 0.6) is 0 Å².